The highest BCUT2D eigenvalue weighted by Gasteiger charge is 2.31. The van der Waals surface area contributed by atoms with Crippen LogP contribution in [-0.4, -0.2) is 18.9 Å². The molecule has 0 aromatic heterocycles. The molecule has 0 heterocycles. The molecule has 4 heteroatoms. The molecule has 0 unspecified atom stereocenters. The van der Waals surface area contributed by atoms with Crippen molar-refractivity contribution >= 4 is 29.4 Å². The maximum Gasteiger partial charge on any atom is 0.316 e. The molecule has 1 fully saturated rings. The van der Waals surface area contributed by atoms with Gasteiger partial charge in [0.05, 0.1) is 7.11 Å². The van der Waals surface area contributed by atoms with Crippen LogP contribution in [0, 0.1) is 5.92 Å². The van der Waals surface area contributed by atoms with Crippen LogP contribution < -0.4 is 0 Å². The zero-order chi connectivity index (χ0) is 14.5. The van der Waals surface area contributed by atoms with E-state index in [4.69, 9.17) is 16.3 Å². The highest BCUT2D eigenvalue weighted by Crippen LogP contribution is 2.27. The molecule has 0 bridgehead atoms. The van der Waals surface area contributed by atoms with Crippen LogP contribution in [0.15, 0.2) is 29.8 Å². The minimum absolute atomic E-state index is 0.107. The Kier molecular flexibility index (Phi) is 4.96. The van der Waals surface area contributed by atoms with Gasteiger partial charge in [0, 0.05) is 5.02 Å². The van der Waals surface area contributed by atoms with Gasteiger partial charge in [-0.15, -0.1) is 0 Å². The molecule has 0 N–H and O–H groups in total. The van der Waals surface area contributed by atoms with Crippen LogP contribution in [0.3, 0.4) is 0 Å². The first kappa shape index (κ1) is 14.8. The summed E-state index contributed by atoms with van der Waals surface area (Å²) in [6.07, 6.45) is 4.90. The lowest BCUT2D eigenvalue weighted by molar-refractivity contribution is -0.148. The minimum Gasteiger partial charge on any atom is -0.468 e. The smallest absolute Gasteiger partial charge is 0.316 e. The summed E-state index contributed by atoms with van der Waals surface area (Å²) in [5.41, 5.74) is 1.61. The third-order valence-electron chi connectivity index (χ3n) is 3.52. The summed E-state index contributed by atoms with van der Waals surface area (Å²) in [5, 5.41) is 0.659. The van der Waals surface area contributed by atoms with Crippen molar-refractivity contribution in [3.8, 4) is 0 Å². The predicted molar refractivity (Wildman–Crippen MR) is 78.4 cm³/mol. The van der Waals surface area contributed by atoms with Crippen LogP contribution >= 0.6 is 11.6 Å². The Morgan fingerprint density at radius 2 is 2.00 bits per heavy atom. The first-order valence-corrected chi connectivity index (χ1v) is 7.08. The fraction of sp³-hybridized carbons (Fsp3) is 0.375. The topological polar surface area (TPSA) is 43.4 Å². The lowest BCUT2D eigenvalue weighted by Crippen LogP contribution is -2.25. The SMILES string of the molecule is COC(=O)[C@H]1CCCC/C(=C\c2ccc(Cl)cc2)C1=O. The van der Waals surface area contributed by atoms with E-state index in [1.54, 1.807) is 12.1 Å². The van der Waals surface area contributed by atoms with Crippen molar-refractivity contribution in [3.05, 3.63) is 40.4 Å². The van der Waals surface area contributed by atoms with Gasteiger partial charge in [-0.05, 0) is 48.6 Å². The van der Waals surface area contributed by atoms with Gasteiger partial charge in [-0.2, -0.15) is 0 Å². The van der Waals surface area contributed by atoms with Crippen LogP contribution in [0.5, 0.6) is 0 Å². The quantitative estimate of drug-likeness (QED) is 0.362. The number of carbonyl (C=O) groups is 2. The van der Waals surface area contributed by atoms with Gasteiger partial charge in [-0.3, -0.25) is 9.59 Å². The summed E-state index contributed by atoms with van der Waals surface area (Å²) in [5.74, 6) is -1.19. The number of carbonyl (C=O) groups excluding carboxylic acids is 2. The summed E-state index contributed by atoms with van der Waals surface area (Å²) in [4.78, 5) is 24.1. The molecule has 0 aliphatic heterocycles. The van der Waals surface area contributed by atoms with Gasteiger partial charge in [0.1, 0.15) is 5.92 Å². The monoisotopic (exact) mass is 292 g/mol. The van der Waals surface area contributed by atoms with Crippen LogP contribution in [-0.2, 0) is 14.3 Å². The first-order chi connectivity index (χ1) is 9.61. The lowest BCUT2D eigenvalue weighted by Gasteiger charge is -2.11. The summed E-state index contributed by atoms with van der Waals surface area (Å²) in [6.45, 7) is 0. The van der Waals surface area contributed by atoms with E-state index in [1.807, 2.05) is 18.2 Å². The number of benzene rings is 1. The molecule has 3 nitrogen and oxygen atoms in total. The zero-order valence-electron chi connectivity index (χ0n) is 11.4. The number of Topliss-reactive ketones (excluding diaryl/α,β-unsaturated/α-hetero) is 1. The molecule has 0 saturated heterocycles. The molecule has 1 aromatic carbocycles. The van der Waals surface area contributed by atoms with Crippen molar-refractivity contribution in [2.45, 2.75) is 25.7 Å². The third kappa shape index (κ3) is 3.48. The molecule has 1 atom stereocenters. The number of ether oxygens (including phenoxy) is 1. The van der Waals surface area contributed by atoms with E-state index in [-0.39, 0.29) is 5.78 Å². The second-order valence-corrected chi connectivity index (χ2v) is 5.34. The van der Waals surface area contributed by atoms with Crippen LogP contribution in [0.25, 0.3) is 6.08 Å². The van der Waals surface area contributed by atoms with Gasteiger partial charge in [-0.1, -0.05) is 30.2 Å². The Balaban J connectivity index is 2.26. The van der Waals surface area contributed by atoms with Gasteiger partial charge in [0.15, 0.2) is 5.78 Å². The van der Waals surface area contributed by atoms with Crippen LogP contribution in [0.4, 0.5) is 0 Å². The Hall–Kier alpha value is -1.61. The van der Waals surface area contributed by atoms with Crippen molar-refractivity contribution in [3.63, 3.8) is 0 Å². The van der Waals surface area contributed by atoms with Crippen molar-refractivity contribution in [2.75, 3.05) is 7.11 Å². The van der Waals surface area contributed by atoms with Crippen LogP contribution in [0.2, 0.25) is 5.02 Å². The highest BCUT2D eigenvalue weighted by atomic mass is 35.5. The van der Waals surface area contributed by atoms with E-state index in [0.717, 1.165) is 18.4 Å². The van der Waals surface area contributed by atoms with Gasteiger partial charge in [0.2, 0.25) is 0 Å². The molecule has 0 amide bonds. The summed E-state index contributed by atoms with van der Waals surface area (Å²) in [6, 6.07) is 7.29. The minimum atomic E-state index is -0.652. The molecular formula is C16H17ClO3. The molecule has 106 valence electrons. The third-order valence-corrected chi connectivity index (χ3v) is 3.77. The molecule has 0 radical (unpaired) electrons. The van der Waals surface area contributed by atoms with E-state index in [0.29, 0.717) is 23.4 Å². The van der Waals surface area contributed by atoms with E-state index in [2.05, 4.69) is 0 Å². The van der Waals surface area contributed by atoms with Crippen molar-refractivity contribution < 1.29 is 14.3 Å². The summed E-state index contributed by atoms with van der Waals surface area (Å²) in [7, 11) is 1.32. The number of allylic oxidation sites excluding steroid dienone is 1. The largest absolute Gasteiger partial charge is 0.468 e. The van der Waals surface area contributed by atoms with Crippen molar-refractivity contribution in [1.82, 2.24) is 0 Å². The normalized spacial score (nSPS) is 21.6. The lowest BCUT2D eigenvalue weighted by atomic mass is 9.95. The van der Waals surface area contributed by atoms with Crippen molar-refractivity contribution in [1.29, 1.82) is 0 Å². The molecule has 0 spiro atoms. The predicted octanol–water partition coefficient (Wildman–Crippen LogP) is 3.66. The number of methoxy groups -OCH3 is 1. The highest BCUT2D eigenvalue weighted by molar-refractivity contribution is 6.30. The van der Waals surface area contributed by atoms with Crippen molar-refractivity contribution in [2.24, 2.45) is 5.92 Å². The Morgan fingerprint density at radius 1 is 1.30 bits per heavy atom. The second kappa shape index (κ2) is 6.71. The maximum absolute atomic E-state index is 12.4. The fourth-order valence-corrected chi connectivity index (χ4v) is 2.54. The molecule has 1 saturated carbocycles. The molecule has 1 aromatic rings. The average Bonchev–Trinajstić information content (AvgIpc) is 2.63. The molecule has 1 aliphatic rings. The van der Waals surface area contributed by atoms with Gasteiger partial charge in [-0.25, -0.2) is 0 Å². The Labute approximate surface area is 123 Å². The first-order valence-electron chi connectivity index (χ1n) is 6.70. The number of rotatable bonds is 2. The molecule has 20 heavy (non-hydrogen) atoms. The number of esters is 1. The zero-order valence-corrected chi connectivity index (χ0v) is 12.2. The summed E-state index contributed by atoms with van der Waals surface area (Å²) >= 11 is 5.84. The summed E-state index contributed by atoms with van der Waals surface area (Å²) < 4.78 is 4.73. The van der Waals surface area contributed by atoms with Gasteiger partial charge in [0.25, 0.3) is 0 Å². The van der Waals surface area contributed by atoms with Gasteiger partial charge < -0.3 is 4.74 Å². The average molecular weight is 293 g/mol. The fourth-order valence-electron chi connectivity index (χ4n) is 2.41. The van der Waals surface area contributed by atoms with E-state index in [1.165, 1.54) is 7.11 Å². The number of halogens is 1. The van der Waals surface area contributed by atoms with Crippen LogP contribution in [0.1, 0.15) is 31.2 Å². The van der Waals surface area contributed by atoms with E-state index >= 15 is 0 Å². The Bertz CT molecular complexity index is 531. The van der Waals surface area contributed by atoms with E-state index in [9.17, 15) is 9.59 Å². The number of ketones is 1. The molecule has 1 aliphatic carbocycles. The van der Waals surface area contributed by atoms with E-state index < -0.39 is 11.9 Å². The van der Waals surface area contributed by atoms with Gasteiger partial charge >= 0.3 is 5.97 Å². The Morgan fingerprint density at radius 3 is 2.65 bits per heavy atom. The standard InChI is InChI=1S/C16H17ClO3/c1-20-16(19)14-5-3-2-4-12(15(14)18)10-11-6-8-13(17)9-7-11/h6-10,14H,2-5H2,1H3/b12-10+/t14-/m0/s1. The molecule has 2 rings (SSSR count). The maximum atomic E-state index is 12.4. The number of hydrogen-bond donors (Lipinski definition) is 0. The number of hydrogen-bond acceptors (Lipinski definition) is 3. The second-order valence-electron chi connectivity index (χ2n) is 4.91. The molecular weight excluding hydrogens is 276 g/mol.